The van der Waals surface area contributed by atoms with Gasteiger partial charge < -0.3 is 25.9 Å². The van der Waals surface area contributed by atoms with Crippen LogP contribution in [0.15, 0.2) is 27.6 Å². The van der Waals surface area contributed by atoms with E-state index >= 15 is 0 Å². The van der Waals surface area contributed by atoms with E-state index in [0.717, 1.165) is 22.2 Å². The van der Waals surface area contributed by atoms with Crippen molar-refractivity contribution in [2.24, 2.45) is 10.7 Å². The number of carbonyl (C=O) groups is 2. The smallest absolute Gasteiger partial charge is 0.430 e. The number of nitrogens with zero attached hydrogens (tertiary/aromatic N) is 1. The van der Waals surface area contributed by atoms with Crippen molar-refractivity contribution in [3.05, 3.63) is 33.8 Å². The van der Waals surface area contributed by atoms with Crippen molar-refractivity contribution in [1.29, 1.82) is 0 Å². The minimum atomic E-state index is -5.19. The minimum Gasteiger partial charge on any atom is -0.542 e. The molecule has 1 aromatic heterocycles. The second kappa shape index (κ2) is 7.27. The largest absolute Gasteiger partial charge is 0.542 e. The molecular weight excluding hydrogens is 411 g/mol. The third kappa shape index (κ3) is 4.39. The number of carboxylic acid groups (broad SMARTS) is 1. The van der Waals surface area contributed by atoms with Gasteiger partial charge in [-0.2, -0.15) is 18.2 Å². The predicted molar refractivity (Wildman–Crippen MR) is 80.9 cm³/mol. The molecule has 0 aliphatic carbocycles. The highest BCUT2D eigenvalue weighted by Crippen LogP contribution is 2.37. The third-order valence-electron chi connectivity index (χ3n) is 3.44. The summed E-state index contributed by atoms with van der Waals surface area (Å²) in [6.07, 6.45) is -0.681. The number of halogens is 4. The number of carboxylic acids is 1. The predicted octanol–water partition coefficient (Wildman–Crippen LogP) is -0.974. The maximum atomic E-state index is 11.9. The molecule has 6 N–H and O–H groups in total. The average molecular weight is 424 g/mol. The number of rotatable bonds is 1. The number of guanidine groups is 1. The molecule has 3 heterocycles. The van der Waals surface area contributed by atoms with E-state index in [1.807, 2.05) is 6.20 Å². The highest BCUT2D eigenvalue weighted by atomic mass is 79.9. The lowest BCUT2D eigenvalue weighted by Crippen LogP contribution is -2.83. The second-order valence-electron chi connectivity index (χ2n) is 5.10. The molecule has 1 atom stereocenters. The number of aliphatic imine (C=N–C) groups is 1. The Balaban J connectivity index is 0.000000277. The number of nitrogens with two attached hydrogens (primary N) is 2. The van der Waals surface area contributed by atoms with Gasteiger partial charge >= 0.3 is 12.1 Å². The van der Waals surface area contributed by atoms with Gasteiger partial charge in [-0.1, -0.05) is 0 Å². The van der Waals surface area contributed by atoms with E-state index in [9.17, 15) is 18.0 Å². The van der Waals surface area contributed by atoms with E-state index in [-0.39, 0.29) is 11.8 Å². The van der Waals surface area contributed by atoms with Crippen LogP contribution in [0.2, 0.25) is 0 Å². The zero-order valence-electron chi connectivity index (χ0n) is 12.5. The zero-order valence-corrected chi connectivity index (χ0v) is 14.1. The molecule has 3 rings (SSSR count). The van der Waals surface area contributed by atoms with Gasteiger partial charge in [0, 0.05) is 28.7 Å². The molecule has 0 fully saturated rings. The monoisotopic (exact) mass is 423 g/mol. The Morgan fingerprint density at radius 3 is 2.64 bits per heavy atom. The Bertz CT molecular complexity index is 757. The van der Waals surface area contributed by atoms with Crippen LogP contribution in [0.1, 0.15) is 28.4 Å². The Morgan fingerprint density at radius 1 is 1.48 bits per heavy atom. The molecule has 0 spiro atoms. The highest BCUT2D eigenvalue weighted by Gasteiger charge is 2.32. The number of quaternary nitrogens is 1. The summed E-state index contributed by atoms with van der Waals surface area (Å²) in [7, 11) is 0. The molecule has 0 saturated heterocycles. The molecule has 1 amide bonds. The van der Waals surface area contributed by atoms with Crippen LogP contribution in [-0.4, -0.2) is 35.5 Å². The molecule has 1 aromatic rings. The molecule has 0 aromatic carbocycles. The number of hydrogen-bond donors (Lipinski definition) is 4. The number of alkyl halides is 3. The SMILES string of the molecule is NC1=NC(C2CCNC(=O)c3[nH]cc(Br)c32)=C[NH2+]1.O=C([O-])C(F)(F)F. The lowest BCUT2D eigenvalue weighted by Gasteiger charge is -2.12. The summed E-state index contributed by atoms with van der Waals surface area (Å²) in [5, 5.41) is 13.4. The maximum Gasteiger partial charge on any atom is 0.430 e. The topological polar surface area (TPSA) is 140 Å². The van der Waals surface area contributed by atoms with Gasteiger partial charge in [-0.15, -0.1) is 0 Å². The van der Waals surface area contributed by atoms with E-state index in [1.165, 1.54) is 0 Å². The lowest BCUT2D eigenvalue weighted by molar-refractivity contribution is -0.460. The molecule has 12 heteroatoms. The van der Waals surface area contributed by atoms with Crippen molar-refractivity contribution in [2.45, 2.75) is 18.5 Å². The molecule has 25 heavy (non-hydrogen) atoms. The summed E-state index contributed by atoms with van der Waals surface area (Å²) in [6.45, 7) is 0.630. The van der Waals surface area contributed by atoms with Crippen molar-refractivity contribution in [3.8, 4) is 0 Å². The van der Waals surface area contributed by atoms with Crippen molar-refractivity contribution >= 4 is 33.8 Å². The second-order valence-corrected chi connectivity index (χ2v) is 5.96. The molecule has 0 bridgehead atoms. The average Bonchev–Trinajstić information content (AvgIpc) is 3.05. The Hall–Kier alpha value is -2.34. The van der Waals surface area contributed by atoms with Gasteiger partial charge in [-0.05, 0) is 22.4 Å². The maximum absolute atomic E-state index is 11.9. The first kappa shape index (κ1) is 19.0. The molecule has 2 aliphatic heterocycles. The van der Waals surface area contributed by atoms with E-state index in [0.29, 0.717) is 18.2 Å². The molecule has 1 unspecified atom stereocenters. The first-order valence-electron chi connectivity index (χ1n) is 6.93. The summed E-state index contributed by atoms with van der Waals surface area (Å²) >= 11 is 3.49. The van der Waals surface area contributed by atoms with Gasteiger partial charge in [0.15, 0.2) is 0 Å². The number of fused-ring (bicyclic) bond motifs is 1. The van der Waals surface area contributed by atoms with Crippen LogP contribution in [0.25, 0.3) is 0 Å². The Morgan fingerprint density at radius 2 is 2.12 bits per heavy atom. The van der Waals surface area contributed by atoms with Gasteiger partial charge in [0.1, 0.15) is 23.6 Å². The number of amides is 1. The van der Waals surface area contributed by atoms with Crippen LogP contribution in [-0.2, 0) is 4.79 Å². The first-order chi connectivity index (χ1) is 11.6. The van der Waals surface area contributed by atoms with Gasteiger partial charge in [0.2, 0.25) is 0 Å². The zero-order chi connectivity index (χ0) is 18.8. The highest BCUT2D eigenvalue weighted by molar-refractivity contribution is 9.10. The van der Waals surface area contributed by atoms with Crippen LogP contribution < -0.4 is 21.5 Å². The number of aromatic nitrogens is 1. The number of H-pyrrole nitrogens is 1. The van der Waals surface area contributed by atoms with E-state index in [2.05, 4.69) is 31.2 Å². The molecule has 2 aliphatic rings. The van der Waals surface area contributed by atoms with Gasteiger partial charge in [0.05, 0.1) is 0 Å². The van der Waals surface area contributed by atoms with Gasteiger partial charge in [0.25, 0.3) is 5.91 Å². The summed E-state index contributed by atoms with van der Waals surface area (Å²) in [6, 6.07) is 0. The number of nitrogens with one attached hydrogen (secondary N) is 2. The summed E-state index contributed by atoms with van der Waals surface area (Å²) < 4.78 is 32.5. The van der Waals surface area contributed by atoms with Crippen molar-refractivity contribution in [1.82, 2.24) is 10.3 Å². The number of carbonyl (C=O) groups excluding carboxylic acids is 2. The minimum absolute atomic E-state index is 0.0715. The fourth-order valence-electron chi connectivity index (χ4n) is 2.39. The first-order valence-corrected chi connectivity index (χ1v) is 7.72. The van der Waals surface area contributed by atoms with Crippen LogP contribution >= 0.6 is 15.9 Å². The standard InChI is InChI=1S/C11H12BrN5O.C2HF3O2/c12-6-3-15-9-8(6)5(1-2-14-10(9)18)7-4-16-11(13)17-7;3-2(4,5)1(6)7/h3-5,15H,1-2H2,(H,14,18)(H3,13,16,17);(H,6,7). The fraction of sp³-hybridized carbons (Fsp3) is 0.308. The molecular formula is C13H13BrF3N5O3. The van der Waals surface area contributed by atoms with Crippen LogP contribution in [0.5, 0.6) is 0 Å². The molecule has 8 nitrogen and oxygen atoms in total. The quantitative estimate of drug-likeness (QED) is 0.461. The van der Waals surface area contributed by atoms with E-state index in [1.54, 1.807) is 11.5 Å². The normalized spacial score (nSPS) is 19.7. The third-order valence-corrected chi connectivity index (χ3v) is 4.09. The Kier molecular flexibility index (Phi) is 5.52. The van der Waals surface area contributed by atoms with Crippen LogP contribution in [0.3, 0.4) is 0 Å². The Labute approximate surface area is 147 Å². The van der Waals surface area contributed by atoms with Crippen molar-refractivity contribution < 1.29 is 33.2 Å². The van der Waals surface area contributed by atoms with E-state index in [4.69, 9.17) is 15.6 Å². The van der Waals surface area contributed by atoms with Gasteiger partial charge in [-0.3, -0.25) is 10.1 Å². The number of aliphatic carboxylic acids is 1. The fourth-order valence-corrected chi connectivity index (χ4v) is 2.97. The molecule has 0 saturated carbocycles. The van der Waals surface area contributed by atoms with Gasteiger partial charge in [-0.25, -0.2) is 0 Å². The summed E-state index contributed by atoms with van der Waals surface area (Å²) in [4.78, 5) is 28.0. The number of aromatic amines is 1. The summed E-state index contributed by atoms with van der Waals surface area (Å²) in [5.74, 6) is -2.48. The lowest BCUT2D eigenvalue weighted by atomic mass is 9.94. The van der Waals surface area contributed by atoms with Crippen molar-refractivity contribution in [2.75, 3.05) is 6.54 Å². The van der Waals surface area contributed by atoms with Crippen molar-refractivity contribution in [3.63, 3.8) is 0 Å². The van der Waals surface area contributed by atoms with E-state index < -0.39 is 12.1 Å². The molecule has 136 valence electrons. The van der Waals surface area contributed by atoms with Crippen LogP contribution in [0, 0.1) is 0 Å². The summed E-state index contributed by atoms with van der Waals surface area (Å²) in [5.41, 5.74) is 8.14. The number of allylic oxidation sites excluding steroid dienone is 1. The number of hydrogen-bond acceptors (Lipinski definition) is 5. The van der Waals surface area contributed by atoms with Crippen LogP contribution in [0.4, 0.5) is 13.2 Å². The molecule has 0 radical (unpaired) electrons.